The van der Waals surface area contributed by atoms with Gasteiger partial charge in [-0.1, -0.05) is 18.9 Å². The Bertz CT molecular complexity index is 721. The Kier molecular flexibility index (Phi) is 3.93. The van der Waals surface area contributed by atoms with Gasteiger partial charge in [0.15, 0.2) is 4.90 Å². The van der Waals surface area contributed by atoms with Crippen LogP contribution in [0, 0.1) is 27.3 Å². The molecule has 1 N–H and O–H groups in total. The molecule has 1 aromatic carbocycles. The van der Waals surface area contributed by atoms with Gasteiger partial charge in [-0.3, -0.25) is 10.1 Å². The molecule has 9 heteroatoms. The molecule has 0 bridgehead atoms. The fraction of sp³-hybridized carbons (Fsp3) is 0.417. The molecule has 0 unspecified atom stereocenters. The van der Waals surface area contributed by atoms with Gasteiger partial charge in [-0.2, -0.15) is 14.4 Å². The van der Waals surface area contributed by atoms with Crippen molar-refractivity contribution in [3.8, 4) is 6.07 Å². The summed E-state index contributed by atoms with van der Waals surface area (Å²) in [6, 6.07) is 4.75. The van der Waals surface area contributed by atoms with Crippen LogP contribution in [0.5, 0.6) is 0 Å². The maximum Gasteiger partial charge on any atom is 0.324 e. The molecule has 0 atom stereocenters. The third kappa shape index (κ3) is 2.86. The van der Waals surface area contributed by atoms with Crippen molar-refractivity contribution in [2.75, 3.05) is 0 Å². The van der Waals surface area contributed by atoms with Gasteiger partial charge in [0.05, 0.1) is 11.0 Å². The number of nitriles is 1. The number of para-hydroxylation sites is 1. The number of nitrogens with one attached hydrogen (secondary N) is 1. The topological polar surface area (TPSA) is 113 Å². The number of nitro groups is 1. The molecule has 0 radical (unpaired) electrons. The van der Waals surface area contributed by atoms with Gasteiger partial charge in [-0.05, 0) is 25.0 Å². The SMILES string of the molecule is N#CC1(NS(=O)(=O)c2cccc(F)c2[N+](=O)[O-])CCCC1. The molecular formula is C12H12FN3O4S. The molecule has 0 spiro atoms. The molecule has 2 rings (SSSR count). The minimum absolute atomic E-state index is 0.325. The molecule has 1 saturated carbocycles. The number of sulfonamides is 1. The van der Waals surface area contributed by atoms with Crippen molar-refractivity contribution in [3.05, 3.63) is 34.1 Å². The average Bonchev–Trinajstić information content (AvgIpc) is 2.86. The summed E-state index contributed by atoms with van der Waals surface area (Å²) in [6.45, 7) is 0. The standard InChI is InChI=1S/C12H12FN3O4S/c13-9-4-3-5-10(11(9)16(17)18)21(19,20)15-12(8-14)6-1-2-7-12/h3-5,15H,1-2,6-7H2. The maximum absolute atomic E-state index is 13.5. The summed E-state index contributed by atoms with van der Waals surface area (Å²) in [5, 5.41) is 20.1. The number of benzene rings is 1. The van der Waals surface area contributed by atoms with Crippen molar-refractivity contribution >= 4 is 15.7 Å². The highest BCUT2D eigenvalue weighted by Crippen LogP contribution is 2.33. The quantitative estimate of drug-likeness (QED) is 0.673. The summed E-state index contributed by atoms with van der Waals surface area (Å²) in [4.78, 5) is 9.03. The Morgan fingerprint density at radius 1 is 1.38 bits per heavy atom. The minimum atomic E-state index is -4.37. The van der Waals surface area contributed by atoms with Crippen molar-refractivity contribution in [1.82, 2.24) is 4.72 Å². The fourth-order valence-corrected chi connectivity index (χ4v) is 3.98. The number of hydrogen-bond acceptors (Lipinski definition) is 5. The Labute approximate surface area is 120 Å². The van der Waals surface area contributed by atoms with Gasteiger partial charge in [0.2, 0.25) is 15.8 Å². The second-order valence-corrected chi connectivity index (χ2v) is 6.50. The summed E-state index contributed by atoms with van der Waals surface area (Å²) >= 11 is 0. The van der Waals surface area contributed by atoms with Gasteiger partial charge in [0.25, 0.3) is 0 Å². The predicted octanol–water partition coefficient (Wildman–Crippen LogP) is 1.85. The zero-order valence-electron chi connectivity index (χ0n) is 10.9. The molecule has 0 heterocycles. The number of rotatable bonds is 4. The lowest BCUT2D eigenvalue weighted by Gasteiger charge is -2.21. The van der Waals surface area contributed by atoms with E-state index in [0.717, 1.165) is 18.2 Å². The lowest BCUT2D eigenvalue weighted by molar-refractivity contribution is -0.390. The third-order valence-corrected chi connectivity index (χ3v) is 4.99. The van der Waals surface area contributed by atoms with Gasteiger partial charge < -0.3 is 0 Å². The lowest BCUT2D eigenvalue weighted by Crippen LogP contribution is -2.45. The van der Waals surface area contributed by atoms with Crippen LogP contribution in [-0.2, 0) is 10.0 Å². The summed E-state index contributed by atoms with van der Waals surface area (Å²) in [5.74, 6) is -1.24. The van der Waals surface area contributed by atoms with Crippen LogP contribution < -0.4 is 4.72 Å². The second-order valence-electron chi connectivity index (χ2n) is 4.85. The Morgan fingerprint density at radius 2 is 2.00 bits per heavy atom. The Hall–Kier alpha value is -2.05. The van der Waals surface area contributed by atoms with Gasteiger partial charge >= 0.3 is 5.69 Å². The zero-order chi connectivity index (χ0) is 15.7. The lowest BCUT2D eigenvalue weighted by atomic mass is 10.0. The first-order valence-corrected chi connectivity index (χ1v) is 7.68. The van der Waals surface area contributed by atoms with E-state index >= 15 is 0 Å². The van der Waals surface area contributed by atoms with Gasteiger partial charge in [-0.25, -0.2) is 8.42 Å². The molecule has 1 aliphatic rings. The second kappa shape index (κ2) is 5.38. The van der Waals surface area contributed by atoms with Gasteiger partial charge in [-0.15, -0.1) is 0 Å². The van der Waals surface area contributed by atoms with Crippen LogP contribution >= 0.6 is 0 Å². The molecule has 0 amide bonds. The normalized spacial score (nSPS) is 17.3. The van der Waals surface area contributed by atoms with E-state index in [0.29, 0.717) is 25.7 Å². The predicted molar refractivity (Wildman–Crippen MR) is 70.2 cm³/mol. The van der Waals surface area contributed by atoms with Crippen molar-refractivity contribution < 1.29 is 17.7 Å². The monoisotopic (exact) mass is 313 g/mol. The summed E-state index contributed by atoms with van der Waals surface area (Å²) < 4.78 is 40.3. The first kappa shape index (κ1) is 15.3. The van der Waals surface area contributed by atoms with E-state index in [4.69, 9.17) is 0 Å². The molecule has 0 saturated heterocycles. The Balaban J connectivity index is 2.49. The van der Waals surface area contributed by atoms with E-state index in [2.05, 4.69) is 4.72 Å². The van der Waals surface area contributed by atoms with Crippen LogP contribution in [-0.4, -0.2) is 18.9 Å². The van der Waals surface area contributed by atoms with E-state index in [1.54, 1.807) is 0 Å². The summed E-state index contributed by atoms with van der Waals surface area (Å²) in [6.07, 6.45) is 2.01. The van der Waals surface area contributed by atoms with Crippen LogP contribution in [0.25, 0.3) is 0 Å². The minimum Gasteiger partial charge on any atom is -0.258 e. The highest BCUT2D eigenvalue weighted by Gasteiger charge is 2.40. The molecule has 112 valence electrons. The number of hydrogen-bond donors (Lipinski definition) is 1. The first-order valence-electron chi connectivity index (χ1n) is 6.19. The molecule has 7 nitrogen and oxygen atoms in total. The van der Waals surface area contributed by atoms with E-state index in [9.17, 15) is 28.2 Å². The molecule has 0 aliphatic heterocycles. The smallest absolute Gasteiger partial charge is 0.258 e. The van der Waals surface area contributed by atoms with Crippen LogP contribution in [0.1, 0.15) is 25.7 Å². The van der Waals surface area contributed by atoms with E-state index < -0.39 is 36.9 Å². The number of nitro benzene ring substituents is 1. The highest BCUT2D eigenvalue weighted by atomic mass is 32.2. The maximum atomic E-state index is 13.5. The van der Waals surface area contributed by atoms with Crippen molar-refractivity contribution in [2.45, 2.75) is 36.1 Å². The van der Waals surface area contributed by atoms with Gasteiger partial charge in [0, 0.05) is 0 Å². The van der Waals surface area contributed by atoms with Crippen LogP contribution in [0.3, 0.4) is 0 Å². The first-order chi connectivity index (χ1) is 9.81. The van der Waals surface area contributed by atoms with Crippen molar-refractivity contribution in [1.29, 1.82) is 5.26 Å². The molecule has 1 fully saturated rings. The number of nitrogens with zero attached hydrogens (tertiary/aromatic N) is 2. The summed E-state index contributed by atoms with van der Waals surface area (Å²) in [7, 11) is -4.37. The van der Waals surface area contributed by atoms with Crippen molar-refractivity contribution in [3.63, 3.8) is 0 Å². The van der Waals surface area contributed by atoms with E-state index in [1.165, 1.54) is 0 Å². The van der Waals surface area contributed by atoms with E-state index in [1.807, 2.05) is 6.07 Å². The van der Waals surface area contributed by atoms with Crippen LogP contribution in [0.15, 0.2) is 23.1 Å². The van der Waals surface area contributed by atoms with Crippen molar-refractivity contribution in [2.24, 2.45) is 0 Å². The molecule has 1 aromatic rings. The summed E-state index contributed by atoms with van der Waals surface area (Å²) in [5.41, 5.74) is -2.39. The largest absolute Gasteiger partial charge is 0.324 e. The third-order valence-electron chi connectivity index (χ3n) is 3.42. The average molecular weight is 313 g/mol. The Morgan fingerprint density at radius 3 is 2.52 bits per heavy atom. The molecular weight excluding hydrogens is 301 g/mol. The fourth-order valence-electron chi connectivity index (χ4n) is 2.42. The molecule has 21 heavy (non-hydrogen) atoms. The highest BCUT2D eigenvalue weighted by molar-refractivity contribution is 7.89. The molecule has 0 aromatic heterocycles. The number of halogens is 1. The van der Waals surface area contributed by atoms with Gasteiger partial charge in [0.1, 0.15) is 5.54 Å². The van der Waals surface area contributed by atoms with E-state index in [-0.39, 0.29) is 0 Å². The van der Waals surface area contributed by atoms with Crippen LogP contribution in [0.4, 0.5) is 10.1 Å². The van der Waals surface area contributed by atoms with Crippen LogP contribution in [0.2, 0.25) is 0 Å². The zero-order valence-corrected chi connectivity index (χ0v) is 11.7. The molecule has 1 aliphatic carbocycles.